The summed E-state index contributed by atoms with van der Waals surface area (Å²) in [6, 6.07) is 5.71. The van der Waals surface area contributed by atoms with Gasteiger partial charge in [-0.25, -0.2) is 4.98 Å². The third-order valence-electron chi connectivity index (χ3n) is 2.85. The maximum atomic E-state index is 11.9. The van der Waals surface area contributed by atoms with Crippen LogP contribution in [0.4, 0.5) is 5.82 Å². The number of hydrogen-bond donors (Lipinski definition) is 0. The van der Waals surface area contributed by atoms with E-state index in [0.717, 1.165) is 12.1 Å². The van der Waals surface area contributed by atoms with Crippen molar-refractivity contribution in [3.8, 4) is 0 Å². The van der Waals surface area contributed by atoms with Crippen molar-refractivity contribution in [2.45, 2.75) is 31.9 Å². The Labute approximate surface area is 111 Å². The number of nitrogens with zero attached hydrogens (tertiary/aromatic N) is 2. The normalized spacial score (nSPS) is 19.3. The highest BCUT2D eigenvalue weighted by Gasteiger charge is 2.32. The molecule has 1 aromatic rings. The molecular weight excluding hydrogens is 248 g/mol. The summed E-state index contributed by atoms with van der Waals surface area (Å²) in [5.74, 6) is 0.750. The van der Waals surface area contributed by atoms with Gasteiger partial charge in [-0.2, -0.15) is 0 Å². The minimum Gasteiger partial charge on any atom is -0.296 e. The van der Waals surface area contributed by atoms with E-state index in [-0.39, 0.29) is 16.3 Å². The quantitative estimate of drug-likeness (QED) is 0.838. The van der Waals surface area contributed by atoms with Crippen LogP contribution in [-0.2, 0) is 16.0 Å². The highest BCUT2D eigenvalue weighted by Crippen LogP contribution is 2.27. The molecule has 18 heavy (non-hydrogen) atoms. The van der Waals surface area contributed by atoms with E-state index in [9.17, 15) is 9.59 Å². The molecule has 0 aromatic carbocycles. The molecule has 0 saturated carbocycles. The molecule has 1 aliphatic heterocycles. The van der Waals surface area contributed by atoms with Crippen LogP contribution in [0, 0.1) is 0 Å². The summed E-state index contributed by atoms with van der Waals surface area (Å²) >= 11 is 1.24. The monoisotopic (exact) mass is 264 g/mol. The number of aryl methyl sites for hydroxylation is 1. The smallest absolute Gasteiger partial charge is 0.229 e. The van der Waals surface area contributed by atoms with Crippen LogP contribution < -0.4 is 4.90 Å². The van der Waals surface area contributed by atoms with Crippen LogP contribution in [0.1, 0.15) is 26.0 Å². The van der Waals surface area contributed by atoms with Gasteiger partial charge in [0, 0.05) is 30.8 Å². The first-order valence-electron chi connectivity index (χ1n) is 6.03. The highest BCUT2D eigenvalue weighted by molar-refractivity contribution is 8.14. The van der Waals surface area contributed by atoms with Crippen LogP contribution in [0.15, 0.2) is 18.2 Å². The summed E-state index contributed by atoms with van der Waals surface area (Å²) in [5.41, 5.74) is 0.975. The average molecular weight is 264 g/mol. The van der Waals surface area contributed by atoms with Gasteiger partial charge in [-0.1, -0.05) is 24.8 Å². The summed E-state index contributed by atoms with van der Waals surface area (Å²) in [5, 5.41) is 0.118. The number of pyridine rings is 1. The lowest BCUT2D eigenvalue weighted by molar-refractivity contribution is -0.117. The van der Waals surface area contributed by atoms with E-state index in [4.69, 9.17) is 0 Å². The number of anilines is 1. The molecule has 0 N–H and O–H groups in total. The van der Waals surface area contributed by atoms with Crippen molar-refractivity contribution in [2.24, 2.45) is 0 Å². The molecule has 0 bridgehead atoms. The first-order valence-corrected chi connectivity index (χ1v) is 6.91. The topological polar surface area (TPSA) is 50.3 Å². The van der Waals surface area contributed by atoms with Crippen molar-refractivity contribution in [1.82, 2.24) is 4.98 Å². The molecule has 2 rings (SSSR count). The second-order valence-electron chi connectivity index (χ2n) is 4.28. The molecule has 4 nitrogen and oxygen atoms in total. The van der Waals surface area contributed by atoms with Gasteiger partial charge in [0.25, 0.3) is 0 Å². The van der Waals surface area contributed by atoms with E-state index in [1.54, 1.807) is 4.90 Å². The van der Waals surface area contributed by atoms with E-state index in [2.05, 4.69) is 4.98 Å². The van der Waals surface area contributed by atoms with Crippen LogP contribution in [0.3, 0.4) is 0 Å². The van der Waals surface area contributed by atoms with Crippen LogP contribution in [0.5, 0.6) is 0 Å². The van der Waals surface area contributed by atoms with E-state index in [1.807, 2.05) is 25.1 Å². The lowest BCUT2D eigenvalue weighted by Gasteiger charge is -2.15. The van der Waals surface area contributed by atoms with Gasteiger partial charge < -0.3 is 0 Å². The molecule has 0 spiro atoms. The van der Waals surface area contributed by atoms with Crippen molar-refractivity contribution in [2.75, 3.05) is 11.4 Å². The molecule has 0 aliphatic carbocycles. The fourth-order valence-electron chi connectivity index (χ4n) is 2.02. The number of rotatable bonds is 3. The van der Waals surface area contributed by atoms with E-state index < -0.39 is 0 Å². The lowest BCUT2D eigenvalue weighted by Crippen LogP contribution is -2.26. The minimum atomic E-state index is 0.0505. The van der Waals surface area contributed by atoms with Gasteiger partial charge in [0.2, 0.25) is 5.91 Å². The predicted octanol–water partition coefficient (Wildman–Crippen LogP) is 2.03. The standard InChI is InChI=1S/C13H16N2O2S/c1-3-10-5-4-6-12(14-10)15-8-11(7-13(15)17)18-9(2)16/h4-6,11H,3,7-8H2,1-2H3. The SMILES string of the molecule is CCc1cccc(N2CC(SC(C)=O)CC2=O)n1. The maximum Gasteiger partial charge on any atom is 0.229 e. The zero-order chi connectivity index (χ0) is 13.1. The van der Waals surface area contributed by atoms with E-state index in [1.165, 1.54) is 18.7 Å². The molecule has 0 radical (unpaired) electrons. The molecule has 1 atom stereocenters. The molecule has 1 fully saturated rings. The zero-order valence-corrected chi connectivity index (χ0v) is 11.4. The first kappa shape index (κ1) is 13.1. The van der Waals surface area contributed by atoms with Crippen molar-refractivity contribution >= 4 is 28.6 Å². The molecule has 96 valence electrons. The number of carbonyl (C=O) groups excluding carboxylic acids is 2. The van der Waals surface area contributed by atoms with Crippen molar-refractivity contribution < 1.29 is 9.59 Å². The molecular formula is C13H16N2O2S. The predicted molar refractivity (Wildman–Crippen MR) is 72.6 cm³/mol. The van der Waals surface area contributed by atoms with Crippen LogP contribution in [-0.4, -0.2) is 27.8 Å². The van der Waals surface area contributed by atoms with Crippen LogP contribution in [0.2, 0.25) is 0 Å². The molecule has 1 aromatic heterocycles. The zero-order valence-electron chi connectivity index (χ0n) is 10.5. The molecule has 1 saturated heterocycles. The Hall–Kier alpha value is -1.36. The van der Waals surface area contributed by atoms with Gasteiger partial charge >= 0.3 is 0 Å². The Morgan fingerprint density at radius 1 is 1.56 bits per heavy atom. The molecule has 1 amide bonds. The second kappa shape index (κ2) is 5.52. The first-order chi connectivity index (χ1) is 8.60. The number of carbonyl (C=O) groups is 2. The summed E-state index contributed by atoms with van der Waals surface area (Å²) in [7, 11) is 0. The Kier molecular flexibility index (Phi) is 4.01. The average Bonchev–Trinajstić information content (AvgIpc) is 2.69. The van der Waals surface area contributed by atoms with Crippen LogP contribution >= 0.6 is 11.8 Å². The highest BCUT2D eigenvalue weighted by atomic mass is 32.2. The molecule has 1 aliphatic rings. The van der Waals surface area contributed by atoms with Crippen molar-refractivity contribution in [3.05, 3.63) is 23.9 Å². The molecule has 5 heteroatoms. The van der Waals surface area contributed by atoms with Crippen LogP contribution in [0.25, 0.3) is 0 Å². The van der Waals surface area contributed by atoms with E-state index in [0.29, 0.717) is 18.8 Å². The largest absolute Gasteiger partial charge is 0.296 e. The second-order valence-corrected chi connectivity index (χ2v) is 5.76. The number of aromatic nitrogens is 1. The Morgan fingerprint density at radius 2 is 2.33 bits per heavy atom. The van der Waals surface area contributed by atoms with Gasteiger partial charge in [-0.3, -0.25) is 14.5 Å². The maximum absolute atomic E-state index is 11.9. The van der Waals surface area contributed by atoms with Gasteiger partial charge in [0.1, 0.15) is 5.82 Å². The fourth-order valence-corrected chi connectivity index (χ4v) is 2.94. The third-order valence-corrected chi connectivity index (χ3v) is 3.83. The Morgan fingerprint density at radius 3 is 3.00 bits per heavy atom. The fraction of sp³-hybridized carbons (Fsp3) is 0.462. The molecule has 1 unspecified atom stereocenters. The Balaban J connectivity index is 2.13. The summed E-state index contributed by atoms with van der Waals surface area (Å²) in [6.45, 7) is 4.14. The number of hydrogen-bond acceptors (Lipinski definition) is 4. The third kappa shape index (κ3) is 2.90. The molecule has 2 heterocycles. The summed E-state index contributed by atoms with van der Waals surface area (Å²) in [6.07, 6.45) is 1.27. The van der Waals surface area contributed by atoms with Gasteiger partial charge in [0.15, 0.2) is 5.12 Å². The lowest BCUT2D eigenvalue weighted by atomic mass is 10.3. The van der Waals surface area contributed by atoms with Crippen molar-refractivity contribution in [3.63, 3.8) is 0 Å². The van der Waals surface area contributed by atoms with Gasteiger partial charge in [-0.15, -0.1) is 0 Å². The van der Waals surface area contributed by atoms with E-state index >= 15 is 0 Å². The summed E-state index contributed by atoms with van der Waals surface area (Å²) < 4.78 is 0. The van der Waals surface area contributed by atoms with Crippen molar-refractivity contribution in [1.29, 1.82) is 0 Å². The number of thioether (sulfide) groups is 1. The van der Waals surface area contributed by atoms with Gasteiger partial charge in [0.05, 0.1) is 0 Å². The summed E-state index contributed by atoms with van der Waals surface area (Å²) in [4.78, 5) is 29.1. The van der Waals surface area contributed by atoms with Gasteiger partial charge in [-0.05, 0) is 18.6 Å². The minimum absolute atomic E-state index is 0.0505. The number of amides is 1. The Bertz CT molecular complexity index is 476.